The van der Waals surface area contributed by atoms with E-state index in [1.165, 1.54) is 17.7 Å². The third kappa shape index (κ3) is 3.18. The van der Waals surface area contributed by atoms with Gasteiger partial charge in [-0.2, -0.15) is 0 Å². The second-order valence-corrected chi connectivity index (χ2v) is 5.12. The fraction of sp³-hybridized carbons (Fsp3) is 0.400. The number of aliphatic carboxylic acids is 1. The van der Waals surface area contributed by atoms with Crippen LogP contribution in [-0.4, -0.2) is 40.4 Å². The molecule has 0 amide bonds. The molecule has 112 valence electrons. The van der Waals surface area contributed by atoms with Crippen LogP contribution in [0.5, 0.6) is 0 Å². The second kappa shape index (κ2) is 5.91. The molecule has 2 aromatic heterocycles. The van der Waals surface area contributed by atoms with Gasteiger partial charge in [0.2, 0.25) is 5.16 Å². The van der Waals surface area contributed by atoms with E-state index in [0.29, 0.717) is 10.9 Å². The molecule has 2 heterocycles. The molecular weight excluding hydrogens is 300 g/mol. The van der Waals surface area contributed by atoms with Crippen LogP contribution < -0.4 is 11.2 Å². The summed E-state index contributed by atoms with van der Waals surface area (Å²) in [5.74, 6) is -0.799. The van der Waals surface area contributed by atoms with Crippen LogP contribution in [0.2, 0.25) is 0 Å². The maximum Gasteiger partial charge on any atom is 0.330 e. The number of carboxylic acid groups (broad SMARTS) is 1. The highest BCUT2D eigenvalue weighted by molar-refractivity contribution is 7.98. The lowest BCUT2D eigenvalue weighted by atomic mass is 10.4. The molecule has 2 aromatic rings. The molecule has 0 saturated heterocycles. The Bertz CT molecular complexity index is 792. The van der Waals surface area contributed by atoms with E-state index in [9.17, 15) is 14.4 Å². The molecule has 11 heteroatoms. The van der Waals surface area contributed by atoms with Gasteiger partial charge in [-0.05, 0) is 10.4 Å². The molecule has 0 aliphatic carbocycles. The van der Waals surface area contributed by atoms with Crippen molar-refractivity contribution in [3.05, 3.63) is 32.6 Å². The first kappa shape index (κ1) is 15.0. The highest BCUT2D eigenvalue weighted by Gasteiger charge is 2.12. The van der Waals surface area contributed by atoms with E-state index >= 15 is 0 Å². The van der Waals surface area contributed by atoms with Crippen molar-refractivity contribution in [1.82, 2.24) is 29.3 Å². The number of nitrogens with zero attached hydrogens (tertiary/aromatic N) is 6. The molecule has 21 heavy (non-hydrogen) atoms. The largest absolute Gasteiger partial charge is 0.480 e. The van der Waals surface area contributed by atoms with Gasteiger partial charge in [0.05, 0.1) is 0 Å². The smallest absolute Gasteiger partial charge is 0.330 e. The van der Waals surface area contributed by atoms with Crippen molar-refractivity contribution in [2.75, 3.05) is 0 Å². The lowest BCUT2D eigenvalue weighted by Crippen LogP contribution is -2.37. The van der Waals surface area contributed by atoms with Crippen LogP contribution in [0.3, 0.4) is 0 Å². The number of rotatable bonds is 5. The summed E-state index contributed by atoms with van der Waals surface area (Å²) < 4.78 is 3.48. The van der Waals surface area contributed by atoms with Gasteiger partial charge in [-0.25, -0.2) is 9.48 Å². The van der Waals surface area contributed by atoms with Crippen LogP contribution in [0.1, 0.15) is 5.69 Å². The number of tetrazole rings is 1. The van der Waals surface area contributed by atoms with Crippen LogP contribution in [-0.2, 0) is 31.2 Å². The van der Waals surface area contributed by atoms with Crippen molar-refractivity contribution in [3.63, 3.8) is 0 Å². The number of carboxylic acids is 1. The Morgan fingerprint density at radius 2 is 2.05 bits per heavy atom. The molecule has 2 rings (SSSR count). The van der Waals surface area contributed by atoms with Gasteiger partial charge in [0, 0.05) is 31.6 Å². The first-order valence-corrected chi connectivity index (χ1v) is 6.75. The molecule has 0 atom stereocenters. The number of aromatic nitrogens is 6. The standard InChI is InChI=1S/C10H12N6O4S/c1-14-6(3-7(17)15(2)10(14)20)5-21-9-11-12-13-16(9)4-8(18)19/h3H,4-5H2,1-2H3,(H,18,19). The Balaban J connectivity index is 2.22. The highest BCUT2D eigenvalue weighted by atomic mass is 32.2. The molecule has 0 saturated carbocycles. The van der Waals surface area contributed by atoms with E-state index in [2.05, 4.69) is 15.5 Å². The number of hydrogen-bond donors (Lipinski definition) is 1. The Hall–Kier alpha value is -2.43. The maximum absolute atomic E-state index is 11.8. The molecule has 1 N–H and O–H groups in total. The van der Waals surface area contributed by atoms with E-state index < -0.39 is 17.2 Å². The summed E-state index contributed by atoms with van der Waals surface area (Å²) in [5.41, 5.74) is -0.333. The van der Waals surface area contributed by atoms with Crippen molar-refractivity contribution < 1.29 is 9.90 Å². The van der Waals surface area contributed by atoms with Crippen LogP contribution in [0.15, 0.2) is 20.8 Å². The third-order valence-corrected chi connectivity index (χ3v) is 3.75. The predicted molar refractivity (Wildman–Crippen MR) is 71.9 cm³/mol. The Morgan fingerprint density at radius 1 is 1.33 bits per heavy atom. The van der Waals surface area contributed by atoms with E-state index in [-0.39, 0.29) is 12.3 Å². The van der Waals surface area contributed by atoms with Crippen LogP contribution >= 0.6 is 11.8 Å². The minimum absolute atomic E-state index is 0.266. The summed E-state index contributed by atoms with van der Waals surface area (Å²) >= 11 is 1.14. The average molecular weight is 312 g/mol. The molecule has 0 aromatic carbocycles. The normalized spacial score (nSPS) is 10.8. The van der Waals surface area contributed by atoms with E-state index in [4.69, 9.17) is 5.11 Å². The SMILES string of the molecule is Cn1c(CSc2nnnn2CC(=O)O)cc(=O)n(C)c1=O. The average Bonchev–Trinajstić information content (AvgIpc) is 2.85. The van der Waals surface area contributed by atoms with Crippen LogP contribution in [0, 0.1) is 0 Å². The van der Waals surface area contributed by atoms with Gasteiger partial charge >= 0.3 is 11.7 Å². The van der Waals surface area contributed by atoms with Gasteiger partial charge in [-0.3, -0.25) is 18.7 Å². The molecule has 0 fully saturated rings. The third-order valence-electron chi connectivity index (χ3n) is 2.76. The minimum atomic E-state index is -1.06. The minimum Gasteiger partial charge on any atom is -0.480 e. The Morgan fingerprint density at radius 3 is 2.71 bits per heavy atom. The summed E-state index contributed by atoms with van der Waals surface area (Å²) in [6.45, 7) is -0.356. The number of thioether (sulfide) groups is 1. The van der Waals surface area contributed by atoms with Crippen LogP contribution in [0.4, 0.5) is 0 Å². The zero-order chi connectivity index (χ0) is 15.6. The molecule has 0 aliphatic heterocycles. The van der Waals surface area contributed by atoms with Crippen LogP contribution in [0.25, 0.3) is 0 Å². The number of hydrogen-bond acceptors (Lipinski definition) is 7. The van der Waals surface area contributed by atoms with Gasteiger partial charge in [0.25, 0.3) is 5.56 Å². The summed E-state index contributed by atoms with van der Waals surface area (Å²) in [6.07, 6.45) is 0. The quantitative estimate of drug-likeness (QED) is 0.658. The van der Waals surface area contributed by atoms with E-state index in [1.807, 2.05) is 0 Å². The summed E-state index contributed by atoms with van der Waals surface area (Å²) in [6, 6.07) is 1.35. The van der Waals surface area contributed by atoms with Crippen molar-refractivity contribution in [2.24, 2.45) is 14.1 Å². The van der Waals surface area contributed by atoms with Crippen molar-refractivity contribution in [3.8, 4) is 0 Å². The maximum atomic E-state index is 11.8. The summed E-state index contributed by atoms with van der Waals surface area (Å²) in [4.78, 5) is 34.0. The van der Waals surface area contributed by atoms with Crippen molar-refractivity contribution in [2.45, 2.75) is 17.5 Å². The summed E-state index contributed by atoms with van der Waals surface area (Å²) in [5, 5.41) is 19.7. The number of carbonyl (C=O) groups is 1. The van der Waals surface area contributed by atoms with Gasteiger partial charge in [0.1, 0.15) is 6.54 Å². The van der Waals surface area contributed by atoms with Gasteiger partial charge in [-0.1, -0.05) is 11.8 Å². The van der Waals surface area contributed by atoms with Gasteiger partial charge < -0.3 is 5.11 Å². The second-order valence-electron chi connectivity index (χ2n) is 4.18. The first-order chi connectivity index (χ1) is 9.90. The lowest BCUT2D eigenvalue weighted by molar-refractivity contribution is -0.138. The molecule has 0 radical (unpaired) electrons. The fourth-order valence-corrected chi connectivity index (χ4v) is 2.48. The molecule has 10 nitrogen and oxygen atoms in total. The monoisotopic (exact) mass is 312 g/mol. The molecule has 0 spiro atoms. The van der Waals surface area contributed by atoms with Crippen molar-refractivity contribution >= 4 is 17.7 Å². The van der Waals surface area contributed by atoms with E-state index in [0.717, 1.165) is 21.0 Å². The molecule has 0 unspecified atom stereocenters. The van der Waals surface area contributed by atoms with Crippen molar-refractivity contribution in [1.29, 1.82) is 0 Å². The van der Waals surface area contributed by atoms with Gasteiger partial charge in [-0.15, -0.1) is 5.10 Å². The van der Waals surface area contributed by atoms with E-state index in [1.54, 1.807) is 7.05 Å². The van der Waals surface area contributed by atoms with Gasteiger partial charge in [0.15, 0.2) is 0 Å². The fourth-order valence-electron chi connectivity index (χ4n) is 1.58. The zero-order valence-corrected chi connectivity index (χ0v) is 12.1. The topological polar surface area (TPSA) is 125 Å². The molecular formula is C10H12N6O4S. The Labute approximate surface area is 122 Å². The zero-order valence-electron chi connectivity index (χ0n) is 11.3. The predicted octanol–water partition coefficient (Wildman–Crippen LogP) is -1.55. The molecule has 0 aliphatic rings. The highest BCUT2D eigenvalue weighted by Crippen LogP contribution is 2.18. The lowest BCUT2D eigenvalue weighted by Gasteiger charge is -2.08. The first-order valence-electron chi connectivity index (χ1n) is 5.77. The summed E-state index contributed by atoms with van der Waals surface area (Å²) in [7, 11) is 2.95. The Kier molecular flexibility index (Phi) is 4.21. The molecule has 0 bridgehead atoms.